The molecule has 0 heterocycles. The number of carbonyl (C=O) groups is 2. The highest BCUT2D eigenvalue weighted by Crippen LogP contribution is 2.03. The number of nitrogens with one attached hydrogen (secondary N) is 1. The van der Waals surface area contributed by atoms with Crippen molar-refractivity contribution in [2.75, 3.05) is 26.7 Å². The number of nitrogens with zero attached hydrogens (tertiary/aromatic N) is 1. The summed E-state index contributed by atoms with van der Waals surface area (Å²) in [6.07, 6.45) is -0.203. The van der Waals surface area contributed by atoms with Gasteiger partial charge in [-0.25, -0.2) is 4.39 Å². The van der Waals surface area contributed by atoms with Gasteiger partial charge in [0, 0.05) is 26.7 Å². The first kappa shape index (κ1) is 22.3. The number of hydrogen-bond donors (Lipinski definition) is 2. The molecule has 1 unspecified atom stereocenters. The molecule has 3 N–H and O–H groups in total. The van der Waals surface area contributed by atoms with Crippen LogP contribution in [0.3, 0.4) is 0 Å². The number of rotatable bonds is 9. The van der Waals surface area contributed by atoms with Crippen LogP contribution in [-0.2, 0) is 20.9 Å². The van der Waals surface area contributed by atoms with Gasteiger partial charge in [0.05, 0.1) is 19.1 Å². The molecule has 1 aromatic rings. The van der Waals surface area contributed by atoms with Crippen LogP contribution in [0.4, 0.5) is 4.39 Å². The van der Waals surface area contributed by atoms with Gasteiger partial charge in [0.25, 0.3) is 0 Å². The van der Waals surface area contributed by atoms with E-state index in [1.54, 1.807) is 19.1 Å². The van der Waals surface area contributed by atoms with E-state index in [9.17, 15) is 14.0 Å². The molecule has 0 aliphatic rings. The summed E-state index contributed by atoms with van der Waals surface area (Å²) in [4.78, 5) is 25.5. The third-order valence-corrected chi connectivity index (χ3v) is 3.47. The second kappa shape index (κ2) is 11.8. The van der Waals surface area contributed by atoms with E-state index < -0.39 is 0 Å². The molecule has 0 saturated carbocycles. The molecule has 0 aliphatic heterocycles. The standard InChI is InChI=1S/C16H24FN3O3.ClH/c1-3-20(16(22)8-14(9-18)23-2)11-15(21)19-10-12-4-6-13(17)7-5-12;/h4-7,14H,3,8-11,18H2,1-2H3,(H,19,21);1H. The maximum absolute atomic E-state index is 12.8. The Balaban J connectivity index is 0.00000529. The first-order valence-corrected chi connectivity index (χ1v) is 7.51. The molecule has 6 nitrogen and oxygen atoms in total. The van der Waals surface area contributed by atoms with E-state index in [-0.39, 0.29) is 62.2 Å². The maximum atomic E-state index is 12.8. The molecule has 24 heavy (non-hydrogen) atoms. The van der Waals surface area contributed by atoms with Crippen molar-refractivity contribution < 1.29 is 18.7 Å². The quantitative estimate of drug-likeness (QED) is 0.689. The minimum atomic E-state index is -0.348. The van der Waals surface area contributed by atoms with Crippen LogP contribution in [0.15, 0.2) is 24.3 Å². The molecule has 0 aliphatic carbocycles. The Bertz CT molecular complexity index is 510. The molecule has 0 saturated heterocycles. The summed E-state index contributed by atoms with van der Waals surface area (Å²) in [5, 5.41) is 2.71. The Morgan fingerprint density at radius 3 is 2.46 bits per heavy atom. The van der Waals surface area contributed by atoms with Crippen LogP contribution in [0, 0.1) is 5.82 Å². The fraction of sp³-hybridized carbons (Fsp3) is 0.500. The Morgan fingerprint density at radius 1 is 1.33 bits per heavy atom. The molecule has 0 spiro atoms. The Kier molecular flexibility index (Phi) is 10.9. The van der Waals surface area contributed by atoms with Crippen molar-refractivity contribution in [2.24, 2.45) is 5.73 Å². The first-order valence-electron chi connectivity index (χ1n) is 7.51. The predicted molar refractivity (Wildman–Crippen MR) is 92.2 cm³/mol. The van der Waals surface area contributed by atoms with E-state index in [4.69, 9.17) is 10.5 Å². The summed E-state index contributed by atoms with van der Waals surface area (Å²) in [5.74, 6) is -0.775. The zero-order valence-electron chi connectivity index (χ0n) is 14.0. The minimum Gasteiger partial charge on any atom is -0.380 e. The highest BCUT2D eigenvalue weighted by Gasteiger charge is 2.19. The van der Waals surface area contributed by atoms with Crippen LogP contribution in [0.5, 0.6) is 0 Å². The Morgan fingerprint density at radius 2 is 1.96 bits per heavy atom. The number of benzene rings is 1. The van der Waals surface area contributed by atoms with Gasteiger partial charge in [0.15, 0.2) is 0 Å². The van der Waals surface area contributed by atoms with Gasteiger partial charge in [-0.1, -0.05) is 12.1 Å². The first-order chi connectivity index (χ1) is 11.0. The molecule has 136 valence electrons. The van der Waals surface area contributed by atoms with Crippen LogP contribution in [-0.4, -0.2) is 49.6 Å². The fourth-order valence-corrected chi connectivity index (χ4v) is 2.00. The van der Waals surface area contributed by atoms with E-state index in [2.05, 4.69) is 5.32 Å². The normalized spacial score (nSPS) is 11.3. The van der Waals surface area contributed by atoms with Crippen molar-refractivity contribution in [2.45, 2.75) is 26.0 Å². The van der Waals surface area contributed by atoms with Crippen molar-refractivity contribution in [1.29, 1.82) is 0 Å². The van der Waals surface area contributed by atoms with Crippen LogP contribution in [0.25, 0.3) is 0 Å². The highest BCUT2D eigenvalue weighted by atomic mass is 35.5. The van der Waals surface area contributed by atoms with Crippen LogP contribution in [0.2, 0.25) is 0 Å². The van der Waals surface area contributed by atoms with Gasteiger partial charge in [-0.2, -0.15) is 0 Å². The maximum Gasteiger partial charge on any atom is 0.239 e. The minimum absolute atomic E-state index is 0. The zero-order valence-corrected chi connectivity index (χ0v) is 14.8. The summed E-state index contributed by atoms with van der Waals surface area (Å²) in [5.41, 5.74) is 6.28. The summed E-state index contributed by atoms with van der Waals surface area (Å²) >= 11 is 0. The molecule has 0 radical (unpaired) electrons. The molecule has 0 fully saturated rings. The average molecular weight is 362 g/mol. The van der Waals surface area contributed by atoms with Crippen LogP contribution >= 0.6 is 12.4 Å². The molecule has 1 atom stereocenters. The van der Waals surface area contributed by atoms with Crippen LogP contribution < -0.4 is 11.1 Å². The van der Waals surface area contributed by atoms with Gasteiger partial charge in [0.1, 0.15) is 5.82 Å². The van der Waals surface area contributed by atoms with Crippen molar-refractivity contribution >= 4 is 24.2 Å². The van der Waals surface area contributed by atoms with Crippen molar-refractivity contribution in [3.63, 3.8) is 0 Å². The SMILES string of the molecule is CCN(CC(=O)NCc1ccc(F)cc1)C(=O)CC(CN)OC.Cl. The van der Waals surface area contributed by atoms with Crippen molar-refractivity contribution in [1.82, 2.24) is 10.2 Å². The van der Waals surface area contributed by atoms with E-state index >= 15 is 0 Å². The summed E-state index contributed by atoms with van der Waals surface area (Å²) in [7, 11) is 1.50. The van der Waals surface area contributed by atoms with Gasteiger partial charge in [-0.05, 0) is 24.6 Å². The van der Waals surface area contributed by atoms with Crippen LogP contribution in [0.1, 0.15) is 18.9 Å². The Hall–Kier alpha value is -1.70. The second-order valence-corrected chi connectivity index (χ2v) is 5.11. The molecule has 1 rings (SSSR count). The largest absolute Gasteiger partial charge is 0.380 e. The second-order valence-electron chi connectivity index (χ2n) is 5.11. The summed E-state index contributed by atoms with van der Waals surface area (Å²) in [6, 6.07) is 5.87. The smallest absolute Gasteiger partial charge is 0.239 e. The fourth-order valence-electron chi connectivity index (χ4n) is 2.00. The number of methoxy groups -OCH3 is 1. The number of hydrogen-bond acceptors (Lipinski definition) is 4. The average Bonchev–Trinajstić information content (AvgIpc) is 2.56. The summed E-state index contributed by atoms with van der Waals surface area (Å²) < 4.78 is 17.9. The molecule has 2 amide bonds. The number of nitrogens with two attached hydrogens (primary N) is 1. The number of carbonyl (C=O) groups excluding carboxylic acids is 2. The van der Waals surface area contributed by atoms with Gasteiger partial charge < -0.3 is 20.7 Å². The van der Waals surface area contributed by atoms with E-state index in [0.29, 0.717) is 6.54 Å². The number of likely N-dealkylation sites (N-methyl/N-ethyl adjacent to an activating group) is 1. The topological polar surface area (TPSA) is 84.7 Å². The van der Waals surface area contributed by atoms with Gasteiger partial charge >= 0.3 is 0 Å². The van der Waals surface area contributed by atoms with Gasteiger partial charge in [-0.3, -0.25) is 9.59 Å². The lowest BCUT2D eigenvalue weighted by Crippen LogP contribution is -2.42. The Labute approximate surface area is 147 Å². The third kappa shape index (κ3) is 7.72. The number of amides is 2. The van der Waals surface area contributed by atoms with E-state index in [1.165, 1.54) is 24.1 Å². The lowest BCUT2D eigenvalue weighted by molar-refractivity contribution is -0.137. The predicted octanol–water partition coefficient (Wildman–Crippen LogP) is 1.08. The van der Waals surface area contributed by atoms with Crippen molar-refractivity contribution in [3.05, 3.63) is 35.6 Å². The molecule has 8 heteroatoms. The summed E-state index contributed by atoms with van der Waals surface area (Å²) in [6.45, 7) is 2.72. The lowest BCUT2D eigenvalue weighted by Gasteiger charge is -2.22. The number of ether oxygens (including phenoxy) is 1. The highest BCUT2D eigenvalue weighted by molar-refractivity contribution is 5.85. The lowest BCUT2D eigenvalue weighted by atomic mass is 10.2. The van der Waals surface area contributed by atoms with E-state index in [0.717, 1.165) is 5.56 Å². The van der Waals surface area contributed by atoms with Crippen molar-refractivity contribution in [3.8, 4) is 0 Å². The molecule has 0 bridgehead atoms. The molecular weight excluding hydrogens is 337 g/mol. The van der Waals surface area contributed by atoms with Gasteiger partial charge in [-0.15, -0.1) is 12.4 Å². The molecular formula is C16H25ClFN3O3. The van der Waals surface area contributed by atoms with E-state index in [1.807, 2.05) is 0 Å². The third-order valence-electron chi connectivity index (χ3n) is 3.47. The van der Waals surface area contributed by atoms with Gasteiger partial charge in [0.2, 0.25) is 11.8 Å². The molecule has 0 aromatic heterocycles. The monoisotopic (exact) mass is 361 g/mol. The zero-order chi connectivity index (χ0) is 17.2. The molecule has 1 aromatic carbocycles. The number of halogens is 2.